The Labute approximate surface area is 68.2 Å². The molecule has 2 atom stereocenters. The van der Waals surface area contributed by atoms with E-state index in [4.69, 9.17) is 5.26 Å². The number of ketones is 1. The molecule has 2 heteroatoms. The number of nitrogens with zero attached hydrogens (tertiary/aromatic N) is 1. The first kappa shape index (κ1) is 10.2. The number of rotatable bonds is 4. The van der Waals surface area contributed by atoms with Gasteiger partial charge >= 0.3 is 0 Å². The molecule has 0 aliphatic rings. The summed E-state index contributed by atoms with van der Waals surface area (Å²) < 4.78 is 0. The molecule has 0 aromatic carbocycles. The van der Waals surface area contributed by atoms with Crippen LogP contribution in [0.3, 0.4) is 0 Å². The van der Waals surface area contributed by atoms with Crippen LogP contribution in [0.4, 0.5) is 0 Å². The van der Waals surface area contributed by atoms with Gasteiger partial charge in [0.15, 0.2) is 0 Å². The molecule has 11 heavy (non-hydrogen) atoms. The molecule has 0 amide bonds. The summed E-state index contributed by atoms with van der Waals surface area (Å²) in [7, 11) is 0. The minimum Gasteiger partial charge on any atom is -0.300 e. The molecule has 0 bridgehead atoms. The van der Waals surface area contributed by atoms with Gasteiger partial charge < -0.3 is 0 Å². The van der Waals surface area contributed by atoms with Crippen LogP contribution in [0.2, 0.25) is 0 Å². The van der Waals surface area contributed by atoms with E-state index in [0.29, 0.717) is 6.42 Å². The van der Waals surface area contributed by atoms with Crippen LogP contribution in [0.15, 0.2) is 0 Å². The molecule has 0 aliphatic carbocycles. The zero-order chi connectivity index (χ0) is 8.85. The number of hydrogen-bond acceptors (Lipinski definition) is 2. The maximum absolute atomic E-state index is 10.8. The van der Waals surface area contributed by atoms with E-state index in [1.807, 2.05) is 13.8 Å². The Morgan fingerprint density at radius 1 is 1.64 bits per heavy atom. The lowest BCUT2D eigenvalue weighted by Gasteiger charge is -2.09. The number of carbonyl (C=O) groups excluding carboxylic acids is 1. The van der Waals surface area contributed by atoms with Crippen molar-refractivity contribution in [2.45, 2.75) is 33.6 Å². The third-order valence-corrected chi connectivity index (χ3v) is 2.01. The molecular formula is C9H15NO. The van der Waals surface area contributed by atoms with Gasteiger partial charge in [0.25, 0.3) is 0 Å². The lowest BCUT2D eigenvalue weighted by molar-refractivity contribution is -0.120. The second-order valence-corrected chi connectivity index (χ2v) is 2.98. The lowest BCUT2D eigenvalue weighted by Crippen LogP contribution is -2.11. The van der Waals surface area contributed by atoms with Gasteiger partial charge in [-0.25, -0.2) is 0 Å². The molecule has 0 fully saturated rings. The summed E-state index contributed by atoms with van der Waals surface area (Å²) in [5, 5.41) is 8.60. The zero-order valence-electron chi connectivity index (χ0n) is 7.42. The second kappa shape index (κ2) is 4.90. The Morgan fingerprint density at radius 3 is 2.45 bits per heavy atom. The molecule has 2 unspecified atom stereocenters. The SMILES string of the molecule is CCC(C#N)CC(C)C(C)=O. The first-order valence-electron chi connectivity index (χ1n) is 4.01. The maximum Gasteiger partial charge on any atom is 0.132 e. The van der Waals surface area contributed by atoms with Crippen molar-refractivity contribution in [2.24, 2.45) is 11.8 Å². The highest BCUT2D eigenvalue weighted by atomic mass is 16.1. The van der Waals surface area contributed by atoms with E-state index in [-0.39, 0.29) is 17.6 Å². The van der Waals surface area contributed by atoms with Crippen LogP contribution in [-0.2, 0) is 4.79 Å². The van der Waals surface area contributed by atoms with Crippen LogP contribution in [0.1, 0.15) is 33.6 Å². The van der Waals surface area contributed by atoms with Crippen LogP contribution in [0, 0.1) is 23.2 Å². The molecule has 0 aromatic heterocycles. The summed E-state index contributed by atoms with van der Waals surface area (Å²) in [6, 6.07) is 2.19. The van der Waals surface area contributed by atoms with Crippen molar-refractivity contribution < 1.29 is 4.79 Å². The van der Waals surface area contributed by atoms with E-state index in [0.717, 1.165) is 6.42 Å². The van der Waals surface area contributed by atoms with E-state index < -0.39 is 0 Å². The Bertz CT molecular complexity index is 169. The van der Waals surface area contributed by atoms with Crippen molar-refractivity contribution in [3.05, 3.63) is 0 Å². The predicted octanol–water partition coefficient (Wildman–Crippen LogP) is 2.15. The van der Waals surface area contributed by atoms with E-state index in [9.17, 15) is 4.79 Å². The van der Waals surface area contributed by atoms with Gasteiger partial charge in [-0.05, 0) is 19.8 Å². The van der Waals surface area contributed by atoms with Gasteiger partial charge in [-0.1, -0.05) is 13.8 Å². The van der Waals surface area contributed by atoms with E-state index >= 15 is 0 Å². The number of nitriles is 1. The van der Waals surface area contributed by atoms with Gasteiger partial charge in [-0.3, -0.25) is 4.79 Å². The Balaban J connectivity index is 3.83. The number of hydrogen-bond donors (Lipinski definition) is 0. The molecule has 0 aromatic rings. The largest absolute Gasteiger partial charge is 0.300 e. The first-order valence-corrected chi connectivity index (χ1v) is 4.01. The fourth-order valence-electron chi connectivity index (χ4n) is 0.903. The van der Waals surface area contributed by atoms with Crippen LogP contribution < -0.4 is 0 Å². The molecule has 0 radical (unpaired) electrons. The van der Waals surface area contributed by atoms with Gasteiger partial charge in [0, 0.05) is 11.8 Å². The summed E-state index contributed by atoms with van der Waals surface area (Å²) in [6.07, 6.45) is 1.55. The predicted molar refractivity (Wildman–Crippen MR) is 43.9 cm³/mol. The van der Waals surface area contributed by atoms with Crippen molar-refractivity contribution in [3.63, 3.8) is 0 Å². The van der Waals surface area contributed by atoms with Crippen molar-refractivity contribution in [1.82, 2.24) is 0 Å². The second-order valence-electron chi connectivity index (χ2n) is 2.98. The molecule has 0 aliphatic heterocycles. The van der Waals surface area contributed by atoms with Crippen LogP contribution in [0.25, 0.3) is 0 Å². The van der Waals surface area contributed by atoms with Gasteiger partial charge in [-0.15, -0.1) is 0 Å². The average Bonchev–Trinajstić information content (AvgIpc) is 1.99. The highest BCUT2D eigenvalue weighted by Crippen LogP contribution is 2.14. The van der Waals surface area contributed by atoms with Crippen LogP contribution in [-0.4, -0.2) is 5.78 Å². The molecular weight excluding hydrogens is 138 g/mol. The van der Waals surface area contributed by atoms with Crippen molar-refractivity contribution in [1.29, 1.82) is 5.26 Å². The summed E-state index contributed by atoms with van der Waals surface area (Å²) in [5.74, 6) is 0.271. The molecule has 0 saturated carbocycles. The quantitative estimate of drug-likeness (QED) is 0.621. The third kappa shape index (κ3) is 3.77. The highest BCUT2D eigenvalue weighted by Gasteiger charge is 2.13. The fourth-order valence-corrected chi connectivity index (χ4v) is 0.903. The number of carbonyl (C=O) groups is 1. The topological polar surface area (TPSA) is 40.9 Å². The van der Waals surface area contributed by atoms with Gasteiger partial charge in [-0.2, -0.15) is 5.26 Å². The number of Topliss-reactive ketones (excluding diaryl/α,β-unsaturated/α-hetero) is 1. The summed E-state index contributed by atoms with van der Waals surface area (Å²) in [5.41, 5.74) is 0. The summed E-state index contributed by atoms with van der Waals surface area (Å²) in [6.45, 7) is 5.43. The molecule has 0 saturated heterocycles. The standard InChI is InChI=1S/C9H15NO/c1-4-9(6-10)5-7(2)8(3)11/h7,9H,4-5H2,1-3H3. The lowest BCUT2D eigenvalue weighted by atomic mass is 9.93. The van der Waals surface area contributed by atoms with Crippen LogP contribution in [0.5, 0.6) is 0 Å². The summed E-state index contributed by atoms with van der Waals surface area (Å²) in [4.78, 5) is 10.8. The highest BCUT2D eigenvalue weighted by molar-refractivity contribution is 5.77. The van der Waals surface area contributed by atoms with E-state index in [2.05, 4.69) is 6.07 Å². The minimum atomic E-state index is 0.0413. The average molecular weight is 153 g/mol. The molecule has 0 spiro atoms. The van der Waals surface area contributed by atoms with Gasteiger partial charge in [0.1, 0.15) is 5.78 Å². The summed E-state index contributed by atoms with van der Waals surface area (Å²) >= 11 is 0. The Kier molecular flexibility index (Phi) is 4.52. The monoisotopic (exact) mass is 153 g/mol. The molecule has 2 nitrogen and oxygen atoms in total. The van der Waals surface area contributed by atoms with Crippen LogP contribution >= 0.6 is 0 Å². The third-order valence-electron chi connectivity index (χ3n) is 2.01. The zero-order valence-corrected chi connectivity index (χ0v) is 7.42. The molecule has 62 valence electrons. The van der Waals surface area contributed by atoms with Crippen molar-refractivity contribution >= 4 is 5.78 Å². The van der Waals surface area contributed by atoms with E-state index in [1.54, 1.807) is 6.92 Å². The molecule has 0 rings (SSSR count). The van der Waals surface area contributed by atoms with Gasteiger partial charge in [0.05, 0.1) is 6.07 Å². The maximum atomic E-state index is 10.8. The van der Waals surface area contributed by atoms with Crippen molar-refractivity contribution in [2.75, 3.05) is 0 Å². The smallest absolute Gasteiger partial charge is 0.132 e. The normalized spacial score (nSPS) is 15.1. The van der Waals surface area contributed by atoms with Gasteiger partial charge in [0.2, 0.25) is 0 Å². The fraction of sp³-hybridized carbons (Fsp3) is 0.778. The van der Waals surface area contributed by atoms with E-state index in [1.165, 1.54) is 0 Å². The molecule has 0 heterocycles. The van der Waals surface area contributed by atoms with Crippen molar-refractivity contribution in [3.8, 4) is 6.07 Å². The molecule has 0 N–H and O–H groups in total. The Morgan fingerprint density at radius 2 is 2.18 bits per heavy atom. The minimum absolute atomic E-state index is 0.0413. The Hall–Kier alpha value is -0.840. The first-order chi connectivity index (χ1) is 5.11.